The molecule has 0 bridgehead atoms. The Morgan fingerprint density at radius 1 is 1.62 bits per heavy atom. The normalized spacial score (nSPS) is 13.9. The van der Waals surface area contributed by atoms with Crippen molar-refractivity contribution in [3.63, 3.8) is 0 Å². The zero-order chi connectivity index (χ0) is 12.2. The van der Waals surface area contributed by atoms with E-state index in [0.29, 0.717) is 6.54 Å². The maximum atomic E-state index is 11.8. The van der Waals surface area contributed by atoms with Crippen LogP contribution in [0.5, 0.6) is 0 Å². The molecule has 0 aliphatic rings. The van der Waals surface area contributed by atoms with Crippen LogP contribution in [0, 0.1) is 0 Å². The smallest absolute Gasteiger partial charge is 0.256 e. The van der Waals surface area contributed by atoms with E-state index in [2.05, 4.69) is 32.7 Å². The summed E-state index contributed by atoms with van der Waals surface area (Å²) in [5, 5.41) is 4.02. The lowest BCUT2D eigenvalue weighted by molar-refractivity contribution is 0.560. The van der Waals surface area contributed by atoms with Crippen molar-refractivity contribution < 1.29 is 8.42 Å². The van der Waals surface area contributed by atoms with Gasteiger partial charge in [-0.3, -0.25) is 4.68 Å². The maximum absolute atomic E-state index is 11.8. The Bertz CT molecular complexity index is 430. The van der Waals surface area contributed by atoms with Gasteiger partial charge in [0.15, 0.2) is 5.03 Å². The summed E-state index contributed by atoms with van der Waals surface area (Å²) in [6.45, 7) is 2.45. The molecule has 1 aromatic rings. The number of hydrogen-bond donors (Lipinski definition) is 1. The minimum atomic E-state index is -3.44. The Balaban J connectivity index is 2.63. The highest BCUT2D eigenvalue weighted by atomic mass is 79.9. The summed E-state index contributed by atoms with van der Waals surface area (Å²) in [5.41, 5.74) is 0. The van der Waals surface area contributed by atoms with Gasteiger partial charge in [-0.25, -0.2) is 13.1 Å². The number of halogens is 1. The fourth-order valence-corrected chi connectivity index (χ4v) is 3.35. The van der Waals surface area contributed by atoms with Gasteiger partial charge in [-0.15, -0.1) is 0 Å². The van der Waals surface area contributed by atoms with Crippen molar-refractivity contribution in [2.75, 3.05) is 6.54 Å². The number of aryl methyl sites for hydroxylation is 1. The first-order valence-electron chi connectivity index (χ1n) is 5.09. The SMILES string of the molecule is CCCC(Br)CNS(=O)(=O)c1ccnn1C. The number of aromatic nitrogens is 2. The van der Waals surface area contributed by atoms with Gasteiger partial charge in [0.1, 0.15) is 0 Å². The average molecular weight is 310 g/mol. The minimum absolute atomic E-state index is 0.167. The van der Waals surface area contributed by atoms with Crippen LogP contribution in [0.1, 0.15) is 19.8 Å². The summed E-state index contributed by atoms with van der Waals surface area (Å²) in [4.78, 5) is 0.167. The number of hydrogen-bond acceptors (Lipinski definition) is 3. The Kier molecular flexibility index (Phi) is 4.94. The minimum Gasteiger partial charge on any atom is -0.256 e. The predicted octanol–water partition coefficient (Wildman–Crippen LogP) is 1.26. The largest absolute Gasteiger partial charge is 0.257 e. The average Bonchev–Trinajstić information content (AvgIpc) is 2.63. The quantitative estimate of drug-likeness (QED) is 0.805. The summed E-state index contributed by atoms with van der Waals surface area (Å²) >= 11 is 3.42. The first kappa shape index (κ1) is 13.7. The van der Waals surface area contributed by atoms with Crippen LogP contribution in [-0.4, -0.2) is 29.6 Å². The molecule has 0 aromatic carbocycles. The summed E-state index contributed by atoms with van der Waals surface area (Å²) in [7, 11) is -1.84. The van der Waals surface area contributed by atoms with Crippen LogP contribution in [-0.2, 0) is 17.1 Å². The van der Waals surface area contributed by atoms with E-state index in [1.165, 1.54) is 16.9 Å². The number of alkyl halides is 1. The molecule has 0 fully saturated rings. The monoisotopic (exact) mass is 309 g/mol. The molecule has 0 aliphatic carbocycles. The Labute approximate surface area is 104 Å². The molecular weight excluding hydrogens is 294 g/mol. The molecule has 1 N–H and O–H groups in total. The third-order valence-electron chi connectivity index (χ3n) is 2.15. The van der Waals surface area contributed by atoms with Gasteiger partial charge >= 0.3 is 0 Å². The van der Waals surface area contributed by atoms with Gasteiger partial charge < -0.3 is 0 Å². The standard InChI is InChI=1S/C9H16BrN3O2S/c1-3-4-8(10)7-12-16(14,15)9-5-6-11-13(9)2/h5-6,8,12H,3-4,7H2,1-2H3. The zero-order valence-corrected chi connectivity index (χ0v) is 11.8. The first-order chi connectivity index (χ1) is 7.47. The molecule has 5 nitrogen and oxygen atoms in total. The summed E-state index contributed by atoms with van der Waals surface area (Å²) in [6.07, 6.45) is 3.42. The summed E-state index contributed by atoms with van der Waals surface area (Å²) < 4.78 is 27.6. The van der Waals surface area contributed by atoms with Crippen molar-refractivity contribution in [1.29, 1.82) is 0 Å². The second-order valence-electron chi connectivity index (χ2n) is 3.53. The molecule has 0 spiro atoms. The van der Waals surface area contributed by atoms with Crippen LogP contribution in [0.2, 0.25) is 0 Å². The number of nitrogens with one attached hydrogen (secondary N) is 1. The van der Waals surface area contributed by atoms with E-state index < -0.39 is 10.0 Å². The van der Waals surface area contributed by atoms with Crippen LogP contribution < -0.4 is 4.72 Å². The number of nitrogens with zero attached hydrogens (tertiary/aromatic N) is 2. The highest BCUT2D eigenvalue weighted by Gasteiger charge is 2.18. The second-order valence-corrected chi connectivity index (χ2v) is 6.54. The Morgan fingerprint density at radius 3 is 2.81 bits per heavy atom. The van der Waals surface area contributed by atoms with E-state index in [1.807, 2.05) is 0 Å². The number of rotatable bonds is 6. The lowest BCUT2D eigenvalue weighted by atomic mass is 10.2. The molecule has 1 aromatic heterocycles. The lowest BCUT2D eigenvalue weighted by Crippen LogP contribution is -2.30. The van der Waals surface area contributed by atoms with Crippen LogP contribution in [0.15, 0.2) is 17.3 Å². The molecule has 92 valence electrons. The van der Waals surface area contributed by atoms with Crippen molar-refractivity contribution >= 4 is 26.0 Å². The third kappa shape index (κ3) is 3.57. The summed E-state index contributed by atoms with van der Waals surface area (Å²) in [6, 6.07) is 1.48. The highest BCUT2D eigenvalue weighted by molar-refractivity contribution is 9.09. The molecule has 1 atom stereocenters. The van der Waals surface area contributed by atoms with Crippen molar-refractivity contribution in [2.45, 2.75) is 29.6 Å². The van der Waals surface area contributed by atoms with Crippen molar-refractivity contribution in [3.05, 3.63) is 12.3 Å². The molecule has 7 heteroatoms. The molecule has 0 saturated heterocycles. The van der Waals surface area contributed by atoms with Gasteiger partial charge in [-0.1, -0.05) is 29.3 Å². The van der Waals surface area contributed by atoms with E-state index >= 15 is 0 Å². The first-order valence-corrected chi connectivity index (χ1v) is 7.49. The van der Waals surface area contributed by atoms with Gasteiger partial charge in [-0.2, -0.15) is 5.10 Å². The van der Waals surface area contributed by atoms with Crippen LogP contribution in [0.4, 0.5) is 0 Å². The maximum Gasteiger partial charge on any atom is 0.257 e. The van der Waals surface area contributed by atoms with Crippen LogP contribution >= 0.6 is 15.9 Å². The fraction of sp³-hybridized carbons (Fsp3) is 0.667. The van der Waals surface area contributed by atoms with E-state index in [1.54, 1.807) is 7.05 Å². The molecule has 0 saturated carbocycles. The third-order valence-corrected chi connectivity index (χ3v) is 4.43. The zero-order valence-electron chi connectivity index (χ0n) is 9.35. The van der Waals surface area contributed by atoms with Gasteiger partial charge in [0.25, 0.3) is 10.0 Å². The molecular formula is C9H16BrN3O2S. The molecule has 16 heavy (non-hydrogen) atoms. The van der Waals surface area contributed by atoms with E-state index in [4.69, 9.17) is 0 Å². The Hall–Kier alpha value is -0.400. The molecule has 1 rings (SSSR count). The Morgan fingerprint density at radius 2 is 2.31 bits per heavy atom. The molecule has 1 unspecified atom stereocenters. The molecule has 1 heterocycles. The van der Waals surface area contributed by atoms with Crippen molar-refractivity contribution in [1.82, 2.24) is 14.5 Å². The summed E-state index contributed by atoms with van der Waals surface area (Å²) in [5.74, 6) is 0. The second kappa shape index (κ2) is 5.79. The van der Waals surface area contributed by atoms with Gasteiger partial charge in [-0.05, 0) is 12.5 Å². The van der Waals surface area contributed by atoms with E-state index in [0.717, 1.165) is 12.8 Å². The molecule has 0 aliphatic heterocycles. The van der Waals surface area contributed by atoms with Crippen LogP contribution in [0.3, 0.4) is 0 Å². The van der Waals surface area contributed by atoms with Crippen molar-refractivity contribution in [2.24, 2.45) is 7.05 Å². The lowest BCUT2D eigenvalue weighted by Gasteiger charge is -2.10. The van der Waals surface area contributed by atoms with E-state index in [9.17, 15) is 8.42 Å². The van der Waals surface area contributed by atoms with Gasteiger partial charge in [0.05, 0.1) is 6.20 Å². The van der Waals surface area contributed by atoms with Gasteiger partial charge in [0, 0.05) is 18.4 Å². The van der Waals surface area contributed by atoms with Gasteiger partial charge in [0.2, 0.25) is 0 Å². The highest BCUT2D eigenvalue weighted by Crippen LogP contribution is 2.09. The number of sulfonamides is 1. The van der Waals surface area contributed by atoms with Crippen LogP contribution in [0.25, 0.3) is 0 Å². The molecule has 0 radical (unpaired) electrons. The predicted molar refractivity (Wildman–Crippen MR) is 66.0 cm³/mol. The van der Waals surface area contributed by atoms with Crippen molar-refractivity contribution in [3.8, 4) is 0 Å². The molecule has 0 amide bonds. The fourth-order valence-electron chi connectivity index (χ4n) is 1.31. The van der Waals surface area contributed by atoms with E-state index in [-0.39, 0.29) is 9.85 Å². The topological polar surface area (TPSA) is 64.0 Å².